The van der Waals surface area contributed by atoms with Crippen LogP contribution in [0.15, 0.2) is 47.8 Å². The van der Waals surface area contributed by atoms with Gasteiger partial charge in [-0.05, 0) is 37.3 Å². The highest BCUT2D eigenvalue weighted by Gasteiger charge is 2.35. The molecule has 1 amide bonds. The molecule has 144 valence electrons. The number of carbonyl (C=O) groups is 1. The highest BCUT2D eigenvalue weighted by atomic mass is 19.1. The van der Waals surface area contributed by atoms with E-state index in [1.807, 2.05) is 6.07 Å². The van der Waals surface area contributed by atoms with Crippen LogP contribution in [0.5, 0.6) is 0 Å². The number of nitrogens with zero attached hydrogens (tertiary/aromatic N) is 6. The monoisotopic (exact) mass is 390 g/mol. The summed E-state index contributed by atoms with van der Waals surface area (Å²) >= 11 is 0. The maximum absolute atomic E-state index is 14.7. The number of nitrogens with one attached hydrogen (secondary N) is 1. The largest absolute Gasteiger partial charge is 0.381 e. The fourth-order valence-electron chi connectivity index (χ4n) is 3.20. The van der Waals surface area contributed by atoms with Gasteiger partial charge in [0.15, 0.2) is 11.7 Å². The Bertz CT molecular complexity index is 1180. The van der Waals surface area contributed by atoms with Crippen molar-refractivity contribution in [3.63, 3.8) is 0 Å². The van der Waals surface area contributed by atoms with Gasteiger partial charge in [0.25, 0.3) is 5.91 Å². The Morgan fingerprint density at radius 1 is 1.38 bits per heavy atom. The Labute approximate surface area is 164 Å². The van der Waals surface area contributed by atoms with Crippen LogP contribution in [0.3, 0.4) is 0 Å². The van der Waals surface area contributed by atoms with Crippen LogP contribution in [-0.2, 0) is 12.1 Å². The number of hydrogen-bond acceptors (Lipinski definition) is 7. The molecule has 0 saturated carbocycles. The number of amidine groups is 1. The summed E-state index contributed by atoms with van der Waals surface area (Å²) < 4.78 is 16.4. The second kappa shape index (κ2) is 6.79. The molecule has 0 unspecified atom stereocenters. The minimum Gasteiger partial charge on any atom is -0.381 e. The van der Waals surface area contributed by atoms with E-state index in [1.54, 1.807) is 11.5 Å². The van der Waals surface area contributed by atoms with Gasteiger partial charge < -0.3 is 15.6 Å². The molecule has 10 heteroatoms. The first kappa shape index (κ1) is 18.2. The van der Waals surface area contributed by atoms with Gasteiger partial charge >= 0.3 is 0 Å². The number of rotatable bonds is 3. The van der Waals surface area contributed by atoms with Gasteiger partial charge in [-0.1, -0.05) is 0 Å². The smallest absolute Gasteiger partial charge is 0.274 e. The molecule has 1 aromatic carbocycles. The number of aliphatic imine (C=N–C) groups is 1. The van der Waals surface area contributed by atoms with E-state index in [-0.39, 0.29) is 17.1 Å². The van der Waals surface area contributed by atoms with Crippen molar-refractivity contribution < 1.29 is 9.18 Å². The Morgan fingerprint density at radius 2 is 2.21 bits per heavy atom. The molecular weight excluding hydrogens is 375 g/mol. The number of pyridine rings is 1. The molecule has 0 fully saturated rings. The molecule has 0 bridgehead atoms. The van der Waals surface area contributed by atoms with Crippen molar-refractivity contribution in [3.05, 3.63) is 71.3 Å². The zero-order valence-electron chi connectivity index (χ0n) is 15.3. The quantitative estimate of drug-likeness (QED) is 0.697. The summed E-state index contributed by atoms with van der Waals surface area (Å²) in [4.78, 5) is 20.8. The lowest BCUT2D eigenvalue weighted by Gasteiger charge is -2.31. The normalized spacial score (nSPS) is 17.8. The Kier molecular flexibility index (Phi) is 4.27. The first-order valence-electron chi connectivity index (χ1n) is 8.61. The molecule has 3 heterocycles. The number of fused-ring (bicyclic) bond motifs is 1. The first-order chi connectivity index (χ1) is 13.9. The summed E-state index contributed by atoms with van der Waals surface area (Å²) in [5, 5.41) is 19.2. The van der Waals surface area contributed by atoms with E-state index in [9.17, 15) is 9.18 Å². The van der Waals surface area contributed by atoms with E-state index < -0.39 is 17.3 Å². The van der Waals surface area contributed by atoms with Crippen molar-refractivity contribution in [2.24, 2.45) is 10.7 Å². The van der Waals surface area contributed by atoms with Crippen LogP contribution in [0, 0.1) is 17.1 Å². The molecule has 3 N–H and O–H groups in total. The molecule has 2 aromatic heterocycles. The number of halogens is 1. The van der Waals surface area contributed by atoms with Gasteiger partial charge in [0.2, 0.25) is 0 Å². The number of benzene rings is 1. The van der Waals surface area contributed by atoms with Gasteiger partial charge in [-0.15, -0.1) is 10.2 Å². The number of anilines is 1. The van der Waals surface area contributed by atoms with Crippen LogP contribution >= 0.6 is 0 Å². The SMILES string of the molecule is C[C@@]1(c2cc(NC(=O)c3ccc(C#N)cn3)ccc2F)Cn2cnnc2C(N)=N1. The van der Waals surface area contributed by atoms with E-state index in [1.165, 1.54) is 42.9 Å². The average Bonchev–Trinajstić information content (AvgIpc) is 3.18. The van der Waals surface area contributed by atoms with Gasteiger partial charge in [0.1, 0.15) is 29.4 Å². The minimum absolute atomic E-state index is 0.134. The third-order valence-electron chi connectivity index (χ3n) is 4.62. The van der Waals surface area contributed by atoms with E-state index in [2.05, 4.69) is 25.5 Å². The standard InChI is InChI=1S/C19H15FN8O/c1-19(9-28-10-24-27-17(28)16(22)26-19)13-6-12(3-4-14(13)20)25-18(29)15-5-2-11(7-21)8-23-15/h2-6,8,10H,9H2,1H3,(H2,22,26)(H,25,29)/t19-/m0/s1. The summed E-state index contributed by atoms with van der Waals surface area (Å²) in [6.07, 6.45) is 2.82. The Balaban J connectivity index is 1.63. The molecule has 29 heavy (non-hydrogen) atoms. The number of hydrogen-bond donors (Lipinski definition) is 2. The van der Waals surface area contributed by atoms with Crippen molar-refractivity contribution in [2.45, 2.75) is 19.0 Å². The van der Waals surface area contributed by atoms with Crippen LogP contribution < -0.4 is 11.1 Å². The maximum atomic E-state index is 14.7. The van der Waals surface area contributed by atoms with Crippen LogP contribution in [0.1, 0.15) is 34.4 Å². The molecule has 1 aliphatic rings. The average molecular weight is 390 g/mol. The number of nitrogens with two attached hydrogens (primary N) is 1. The van der Waals surface area contributed by atoms with Crippen molar-refractivity contribution in [1.29, 1.82) is 5.26 Å². The lowest BCUT2D eigenvalue weighted by molar-refractivity contribution is 0.102. The molecule has 1 atom stereocenters. The molecule has 0 spiro atoms. The molecule has 9 nitrogen and oxygen atoms in total. The molecule has 0 aliphatic carbocycles. The van der Waals surface area contributed by atoms with Crippen LogP contribution in [0.4, 0.5) is 10.1 Å². The summed E-state index contributed by atoms with van der Waals surface area (Å²) in [6.45, 7) is 2.04. The second-order valence-corrected chi connectivity index (χ2v) is 6.75. The zero-order chi connectivity index (χ0) is 20.6. The summed E-state index contributed by atoms with van der Waals surface area (Å²) in [5.74, 6) is -0.369. The first-order valence-corrected chi connectivity index (χ1v) is 8.61. The van der Waals surface area contributed by atoms with Gasteiger partial charge in [-0.2, -0.15) is 5.26 Å². The van der Waals surface area contributed by atoms with E-state index in [0.717, 1.165) is 0 Å². The number of amides is 1. The molecule has 1 aliphatic heterocycles. The fraction of sp³-hybridized carbons (Fsp3) is 0.158. The molecular formula is C19H15FN8O. The maximum Gasteiger partial charge on any atom is 0.274 e. The minimum atomic E-state index is -1.00. The highest BCUT2D eigenvalue weighted by molar-refractivity contribution is 6.03. The van der Waals surface area contributed by atoms with E-state index >= 15 is 0 Å². The van der Waals surface area contributed by atoms with Crippen LogP contribution in [-0.4, -0.2) is 31.5 Å². The summed E-state index contributed by atoms with van der Waals surface area (Å²) in [6, 6.07) is 9.10. The van der Waals surface area contributed by atoms with Crippen molar-refractivity contribution >= 4 is 17.4 Å². The Morgan fingerprint density at radius 3 is 2.93 bits per heavy atom. The second-order valence-electron chi connectivity index (χ2n) is 6.75. The van der Waals surface area contributed by atoms with Crippen LogP contribution in [0.25, 0.3) is 0 Å². The van der Waals surface area contributed by atoms with Crippen molar-refractivity contribution in [3.8, 4) is 6.07 Å². The molecule has 0 saturated heterocycles. The highest BCUT2D eigenvalue weighted by Crippen LogP contribution is 2.34. The van der Waals surface area contributed by atoms with Gasteiger partial charge in [0, 0.05) is 17.4 Å². The molecule has 0 radical (unpaired) electrons. The third-order valence-corrected chi connectivity index (χ3v) is 4.62. The molecule has 4 rings (SSSR count). The fourth-order valence-corrected chi connectivity index (χ4v) is 3.20. The van der Waals surface area contributed by atoms with Crippen LogP contribution in [0.2, 0.25) is 0 Å². The molecule has 3 aromatic rings. The predicted molar refractivity (Wildman–Crippen MR) is 101 cm³/mol. The predicted octanol–water partition coefficient (Wildman–Crippen LogP) is 1.57. The summed E-state index contributed by atoms with van der Waals surface area (Å²) in [5.41, 5.74) is 6.10. The Hall–Kier alpha value is -4.13. The van der Waals surface area contributed by atoms with Crippen molar-refractivity contribution in [1.82, 2.24) is 19.7 Å². The zero-order valence-corrected chi connectivity index (χ0v) is 15.3. The van der Waals surface area contributed by atoms with Gasteiger partial charge in [-0.25, -0.2) is 9.37 Å². The lowest BCUT2D eigenvalue weighted by atomic mass is 9.90. The summed E-state index contributed by atoms with van der Waals surface area (Å²) in [7, 11) is 0. The van der Waals surface area contributed by atoms with Gasteiger partial charge in [-0.3, -0.25) is 9.79 Å². The van der Waals surface area contributed by atoms with Gasteiger partial charge in [0.05, 0.1) is 12.1 Å². The van der Waals surface area contributed by atoms with Crippen molar-refractivity contribution in [2.75, 3.05) is 5.32 Å². The third kappa shape index (κ3) is 3.29. The topological polar surface area (TPSA) is 135 Å². The number of carbonyl (C=O) groups excluding carboxylic acids is 1. The van der Waals surface area contributed by atoms with E-state index in [4.69, 9.17) is 11.0 Å². The van der Waals surface area contributed by atoms with E-state index in [0.29, 0.717) is 23.6 Å². The number of nitriles is 1. The lowest BCUT2D eigenvalue weighted by Crippen LogP contribution is -2.37. The number of aromatic nitrogens is 4.